The first kappa shape index (κ1) is 15.0. The number of aromatic amines is 1. The number of nitrogens with one attached hydrogen (secondary N) is 2. The van der Waals surface area contributed by atoms with Crippen LogP contribution in [0.2, 0.25) is 0 Å². The highest BCUT2D eigenvalue weighted by atomic mass is 16.1. The molecule has 1 amide bonds. The van der Waals surface area contributed by atoms with Crippen molar-refractivity contribution in [2.45, 2.75) is 51.4 Å². The monoisotopic (exact) mass is 314 g/mol. The molecule has 4 aliphatic rings. The van der Waals surface area contributed by atoms with E-state index in [4.69, 9.17) is 0 Å². The summed E-state index contributed by atoms with van der Waals surface area (Å²) in [4.78, 5) is 26.1. The van der Waals surface area contributed by atoms with Crippen LogP contribution in [0.25, 0.3) is 0 Å². The predicted octanol–water partition coefficient (Wildman–Crippen LogP) is 2.64. The van der Waals surface area contributed by atoms with E-state index < -0.39 is 0 Å². The molecule has 0 atom stereocenters. The van der Waals surface area contributed by atoms with Crippen molar-refractivity contribution in [2.75, 3.05) is 6.54 Å². The van der Waals surface area contributed by atoms with Crippen molar-refractivity contribution in [2.24, 2.45) is 23.2 Å². The van der Waals surface area contributed by atoms with E-state index >= 15 is 0 Å². The van der Waals surface area contributed by atoms with Gasteiger partial charge >= 0.3 is 0 Å². The van der Waals surface area contributed by atoms with Gasteiger partial charge in [-0.25, -0.2) is 0 Å². The molecule has 0 saturated heterocycles. The van der Waals surface area contributed by atoms with E-state index in [0.29, 0.717) is 12.0 Å². The van der Waals surface area contributed by atoms with Gasteiger partial charge < -0.3 is 10.3 Å². The third kappa shape index (κ3) is 3.22. The smallest absolute Gasteiger partial charge is 0.247 e. The molecular weight excluding hydrogens is 288 g/mol. The summed E-state index contributed by atoms with van der Waals surface area (Å²) in [5.74, 6) is 2.91. The average Bonchev–Trinajstić information content (AvgIpc) is 2.47. The Bertz CT molecular complexity index is 593. The van der Waals surface area contributed by atoms with E-state index in [-0.39, 0.29) is 11.5 Å². The molecule has 4 nitrogen and oxygen atoms in total. The van der Waals surface area contributed by atoms with E-state index in [9.17, 15) is 9.59 Å². The number of pyridine rings is 1. The Morgan fingerprint density at radius 2 is 1.78 bits per heavy atom. The van der Waals surface area contributed by atoms with Crippen LogP contribution in [0.3, 0.4) is 0 Å². The topological polar surface area (TPSA) is 62.0 Å². The van der Waals surface area contributed by atoms with Crippen molar-refractivity contribution in [1.29, 1.82) is 0 Å². The first-order valence-corrected chi connectivity index (χ1v) is 9.05. The van der Waals surface area contributed by atoms with Gasteiger partial charge in [0.15, 0.2) is 0 Å². The molecule has 0 unspecified atom stereocenters. The van der Waals surface area contributed by atoms with Gasteiger partial charge in [-0.15, -0.1) is 0 Å². The molecule has 23 heavy (non-hydrogen) atoms. The van der Waals surface area contributed by atoms with Gasteiger partial charge in [0.2, 0.25) is 11.5 Å². The largest absolute Gasteiger partial charge is 0.356 e. The molecule has 5 rings (SSSR count). The molecule has 2 N–H and O–H groups in total. The molecule has 1 aromatic rings. The van der Waals surface area contributed by atoms with Crippen LogP contribution >= 0.6 is 0 Å². The Kier molecular flexibility index (Phi) is 3.78. The molecule has 124 valence electrons. The zero-order chi connectivity index (χ0) is 15.9. The Morgan fingerprint density at radius 1 is 1.13 bits per heavy atom. The maximum Gasteiger partial charge on any atom is 0.247 e. The number of amides is 1. The molecule has 4 bridgehead atoms. The van der Waals surface area contributed by atoms with Crippen molar-refractivity contribution < 1.29 is 4.79 Å². The quantitative estimate of drug-likeness (QED) is 0.877. The van der Waals surface area contributed by atoms with Gasteiger partial charge in [0.25, 0.3) is 0 Å². The zero-order valence-corrected chi connectivity index (χ0v) is 13.6. The van der Waals surface area contributed by atoms with E-state index in [1.807, 2.05) is 6.07 Å². The summed E-state index contributed by atoms with van der Waals surface area (Å²) in [6.07, 6.45) is 11.3. The lowest BCUT2D eigenvalue weighted by atomic mass is 9.49. The normalized spacial score (nSPS) is 34.5. The maximum atomic E-state index is 12.4. The molecule has 0 radical (unpaired) electrons. The molecule has 0 aromatic carbocycles. The second-order valence-corrected chi connectivity index (χ2v) is 8.26. The van der Waals surface area contributed by atoms with Gasteiger partial charge in [0.1, 0.15) is 0 Å². The highest BCUT2D eigenvalue weighted by Crippen LogP contribution is 2.61. The van der Waals surface area contributed by atoms with Crippen molar-refractivity contribution in [1.82, 2.24) is 10.3 Å². The lowest BCUT2D eigenvalue weighted by Crippen LogP contribution is -2.48. The lowest BCUT2D eigenvalue weighted by molar-refractivity contribution is -0.129. The van der Waals surface area contributed by atoms with Gasteiger partial charge in [-0.2, -0.15) is 0 Å². The summed E-state index contributed by atoms with van der Waals surface area (Å²) in [7, 11) is 0. The van der Waals surface area contributed by atoms with Gasteiger partial charge in [-0.1, -0.05) is 6.07 Å². The van der Waals surface area contributed by atoms with E-state index in [1.165, 1.54) is 44.6 Å². The molecule has 4 saturated carbocycles. The molecule has 4 heteroatoms. The summed E-state index contributed by atoms with van der Waals surface area (Å²) in [6, 6.07) is 3.36. The summed E-state index contributed by atoms with van der Waals surface area (Å²) < 4.78 is 0. The Morgan fingerprint density at radius 3 is 2.35 bits per heavy atom. The number of aromatic nitrogens is 1. The van der Waals surface area contributed by atoms with E-state index in [2.05, 4.69) is 10.3 Å². The fourth-order valence-electron chi connectivity index (χ4n) is 5.85. The number of hydrogen-bond donors (Lipinski definition) is 2. The number of carbonyl (C=O) groups excluding carboxylic acids is 1. The zero-order valence-electron chi connectivity index (χ0n) is 13.6. The van der Waals surface area contributed by atoms with Crippen LogP contribution in [-0.4, -0.2) is 17.4 Å². The highest BCUT2D eigenvalue weighted by Gasteiger charge is 2.51. The Balaban J connectivity index is 1.28. The van der Waals surface area contributed by atoms with Crippen LogP contribution in [0.15, 0.2) is 23.1 Å². The molecule has 0 aliphatic heterocycles. The molecule has 4 fully saturated rings. The molecule has 0 spiro atoms. The van der Waals surface area contributed by atoms with Crippen molar-refractivity contribution in [3.63, 3.8) is 0 Å². The SMILES string of the molecule is O=C(CC12CC3CC(CC(C3)C1)C2)NCCc1ccc(=O)[nH]c1. The Hall–Kier alpha value is -1.58. The van der Waals surface area contributed by atoms with Crippen LogP contribution in [0, 0.1) is 23.2 Å². The van der Waals surface area contributed by atoms with Crippen LogP contribution in [0.4, 0.5) is 0 Å². The third-order valence-corrected chi connectivity index (χ3v) is 6.29. The minimum absolute atomic E-state index is 0.0837. The first-order valence-electron chi connectivity index (χ1n) is 9.05. The molecular formula is C19H26N2O2. The molecule has 4 aliphatic carbocycles. The van der Waals surface area contributed by atoms with Gasteiger partial charge in [0.05, 0.1) is 0 Å². The third-order valence-electron chi connectivity index (χ3n) is 6.29. The van der Waals surface area contributed by atoms with E-state index in [0.717, 1.165) is 36.2 Å². The van der Waals surface area contributed by atoms with Crippen LogP contribution in [0.1, 0.15) is 50.5 Å². The lowest BCUT2D eigenvalue weighted by Gasteiger charge is -2.56. The maximum absolute atomic E-state index is 12.4. The minimum Gasteiger partial charge on any atom is -0.356 e. The number of hydrogen-bond acceptors (Lipinski definition) is 2. The second kappa shape index (κ2) is 5.81. The summed E-state index contributed by atoms with van der Waals surface area (Å²) >= 11 is 0. The predicted molar refractivity (Wildman–Crippen MR) is 89.0 cm³/mol. The number of H-pyrrole nitrogens is 1. The fraction of sp³-hybridized carbons (Fsp3) is 0.684. The average molecular weight is 314 g/mol. The number of rotatable bonds is 5. The van der Waals surface area contributed by atoms with Crippen LogP contribution in [-0.2, 0) is 11.2 Å². The Labute approximate surface area is 137 Å². The highest BCUT2D eigenvalue weighted by molar-refractivity contribution is 5.76. The molecule has 1 heterocycles. The van der Waals surface area contributed by atoms with Gasteiger partial charge in [-0.3, -0.25) is 9.59 Å². The second-order valence-electron chi connectivity index (χ2n) is 8.26. The summed E-state index contributed by atoms with van der Waals surface area (Å²) in [6.45, 7) is 0.650. The number of carbonyl (C=O) groups is 1. The standard InChI is InChI=1S/C19H26N2O2/c22-17-2-1-13(12-21-17)3-4-20-18(23)11-19-8-14-5-15(9-19)7-16(6-14)10-19/h1-2,12,14-16H,3-11H2,(H,20,23)(H,21,22). The summed E-state index contributed by atoms with van der Waals surface area (Å²) in [5, 5.41) is 3.09. The van der Waals surface area contributed by atoms with Crippen molar-refractivity contribution in [3.8, 4) is 0 Å². The van der Waals surface area contributed by atoms with E-state index in [1.54, 1.807) is 6.20 Å². The van der Waals surface area contributed by atoms with Gasteiger partial charge in [-0.05, 0) is 73.7 Å². The minimum atomic E-state index is -0.0837. The van der Waals surface area contributed by atoms with Crippen LogP contribution < -0.4 is 10.9 Å². The van der Waals surface area contributed by atoms with Crippen molar-refractivity contribution >= 4 is 5.91 Å². The van der Waals surface area contributed by atoms with Crippen LogP contribution in [0.5, 0.6) is 0 Å². The first-order chi connectivity index (χ1) is 11.1. The van der Waals surface area contributed by atoms with Gasteiger partial charge in [0, 0.05) is 25.2 Å². The fourth-order valence-corrected chi connectivity index (χ4v) is 5.85. The van der Waals surface area contributed by atoms with Crippen molar-refractivity contribution in [3.05, 3.63) is 34.2 Å². The summed E-state index contributed by atoms with van der Waals surface area (Å²) in [5.41, 5.74) is 1.29. The molecule has 1 aromatic heterocycles.